The molecule has 3 N–H and O–H groups in total. The van der Waals surface area contributed by atoms with E-state index in [9.17, 15) is 13.2 Å². The van der Waals surface area contributed by atoms with Crippen molar-refractivity contribution in [2.45, 2.75) is 6.04 Å². The van der Waals surface area contributed by atoms with Crippen molar-refractivity contribution in [2.24, 2.45) is 5.73 Å². The van der Waals surface area contributed by atoms with Gasteiger partial charge in [-0.25, -0.2) is 13.2 Å². The molecule has 1 atom stereocenters. The fourth-order valence-electron chi connectivity index (χ4n) is 0.895. The van der Waals surface area contributed by atoms with Crippen LogP contribution in [0.4, 0.5) is 13.2 Å². The van der Waals surface area contributed by atoms with Crippen molar-refractivity contribution in [3.8, 4) is 0 Å². The Morgan fingerprint density at radius 2 is 1.64 bits per heavy atom. The third kappa shape index (κ3) is 2.60. The second-order valence-corrected chi connectivity index (χ2v) is 2.59. The maximum atomic E-state index is 12.6. The van der Waals surface area contributed by atoms with Gasteiger partial charge in [0.25, 0.3) is 0 Å². The van der Waals surface area contributed by atoms with Crippen LogP contribution >= 0.6 is 12.4 Å². The minimum atomic E-state index is -1.53. The summed E-state index contributed by atoms with van der Waals surface area (Å²) in [6, 6.07) is 0.628. The first kappa shape index (κ1) is 13.2. The first-order valence-corrected chi connectivity index (χ1v) is 3.57. The number of rotatable bonds is 2. The fraction of sp³-hybridized carbons (Fsp3) is 0.250. The summed E-state index contributed by atoms with van der Waals surface area (Å²) in [4.78, 5) is 0. The van der Waals surface area contributed by atoms with Crippen LogP contribution in [0.5, 0.6) is 0 Å². The molecule has 0 aromatic heterocycles. The molecule has 0 fully saturated rings. The molecular weight excluding hydrogens is 219 g/mol. The highest BCUT2D eigenvalue weighted by atomic mass is 35.5. The molecule has 80 valence electrons. The molecule has 0 saturated carbocycles. The van der Waals surface area contributed by atoms with Gasteiger partial charge in [0.05, 0.1) is 12.6 Å². The SMILES string of the molecule is Cl.N[C@@H](CO)c1cc(F)c(F)c(F)c1. The van der Waals surface area contributed by atoms with Crippen molar-refractivity contribution in [3.63, 3.8) is 0 Å². The molecule has 0 amide bonds. The summed E-state index contributed by atoms with van der Waals surface area (Å²) < 4.78 is 37.6. The van der Waals surface area contributed by atoms with Gasteiger partial charge in [0, 0.05) is 0 Å². The summed E-state index contributed by atoms with van der Waals surface area (Å²) >= 11 is 0. The van der Waals surface area contributed by atoms with Gasteiger partial charge >= 0.3 is 0 Å². The summed E-state index contributed by atoms with van der Waals surface area (Å²) in [6.45, 7) is -0.454. The van der Waals surface area contributed by atoms with Crippen molar-refractivity contribution < 1.29 is 18.3 Å². The highest BCUT2D eigenvalue weighted by Crippen LogP contribution is 2.17. The highest BCUT2D eigenvalue weighted by molar-refractivity contribution is 5.85. The van der Waals surface area contributed by atoms with Crippen LogP contribution in [0.15, 0.2) is 12.1 Å². The predicted molar refractivity (Wildman–Crippen MR) is 47.6 cm³/mol. The number of benzene rings is 1. The minimum Gasteiger partial charge on any atom is -0.394 e. The Hall–Kier alpha value is -0.780. The molecule has 1 rings (SSSR count). The lowest BCUT2D eigenvalue weighted by molar-refractivity contribution is 0.267. The maximum Gasteiger partial charge on any atom is 0.194 e. The Morgan fingerprint density at radius 1 is 1.21 bits per heavy atom. The molecule has 6 heteroatoms. The van der Waals surface area contributed by atoms with Crippen molar-refractivity contribution in [2.75, 3.05) is 6.61 Å². The average molecular weight is 228 g/mol. The van der Waals surface area contributed by atoms with E-state index in [-0.39, 0.29) is 18.0 Å². The number of hydrogen-bond acceptors (Lipinski definition) is 2. The molecule has 2 nitrogen and oxygen atoms in total. The first-order valence-electron chi connectivity index (χ1n) is 3.57. The summed E-state index contributed by atoms with van der Waals surface area (Å²) in [5, 5.41) is 8.58. The second kappa shape index (κ2) is 5.19. The maximum absolute atomic E-state index is 12.6. The quantitative estimate of drug-likeness (QED) is 0.753. The van der Waals surface area contributed by atoms with Gasteiger partial charge in [-0.3, -0.25) is 0 Å². The van der Waals surface area contributed by atoms with Gasteiger partial charge in [-0.15, -0.1) is 12.4 Å². The molecule has 0 spiro atoms. The molecule has 0 radical (unpaired) electrons. The fourth-order valence-corrected chi connectivity index (χ4v) is 0.895. The molecular formula is C8H9ClF3NO. The van der Waals surface area contributed by atoms with E-state index in [0.29, 0.717) is 0 Å². The zero-order valence-electron chi connectivity index (χ0n) is 7.01. The molecule has 0 bridgehead atoms. The van der Waals surface area contributed by atoms with Crippen LogP contribution in [0.2, 0.25) is 0 Å². The number of hydrogen-bond donors (Lipinski definition) is 2. The zero-order chi connectivity index (χ0) is 10.0. The average Bonchev–Trinajstić information content (AvgIpc) is 2.12. The Bertz CT molecular complexity index is 298. The van der Waals surface area contributed by atoms with Crippen LogP contribution in [0.25, 0.3) is 0 Å². The van der Waals surface area contributed by atoms with E-state index in [1.165, 1.54) is 0 Å². The van der Waals surface area contributed by atoms with E-state index in [1.54, 1.807) is 0 Å². The Kier molecular flexibility index (Phi) is 4.90. The van der Waals surface area contributed by atoms with Crippen LogP contribution in [-0.2, 0) is 0 Å². The van der Waals surface area contributed by atoms with Crippen molar-refractivity contribution in [3.05, 3.63) is 35.1 Å². The molecule has 0 aliphatic carbocycles. The van der Waals surface area contributed by atoms with Crippen molar-refractivity contribution >= 4 is 12.4 Å². The van der Waals surface area contributed by atoms with E-state index >= 15 is 0 Å². The van der Waals surface area contributed by atoms with Crippen LogP contribution in [0, 0.1) is 17.5 Å². The Labute approximate surface area is 84.9 Å². The van der Waals surface area contributed by atoms with Gasteiger partial charge < -0.3 is 10.8 Å². The summed E-state index contributed by atoms with van der Waals surface area (Å²) in [5.41, 5.74) is 5.30. The number of nitrogens with two attached hydrogens (primary N) is 1. The van der Waals surface area contributed by atoms with E-state index in [2.05, 4.69) is 0 Å². The molecule has 0 unspecified atom stereocenters. The number of aliphatic hydroxyl groups excluding tert-OH is 1. The lowest BCUT2D eigenvalue weighted by atomic mass is 10.1. The number of aliphatic hydroxyl groups is 1. The molecule has 1 aromatic rings. The minimum absolute atomic E-state index is 0. The summed E-state index contributed by atoms with van der Waals surface area (Å²) in [7, 11) is 0. The topological polar surface area (TPSA) is 46.2 Å². The van der Waals surface area contributed by atoms with E-state index < -0.39 is 30.1 Å². The lowest BCUT2D eigenvalue weighted by Crippen LogP contribution is -2.15. The van der Waals surface area contributed by atoms with Crippen LogP contribution in [0.1, 0.15) is 11.6 Å². The predicted octanol–water partition coefficient (Wildman–Crippen LogP) is 1.52. The normalized spacial score (nSPS) is 12.1. The van der Waals surface area contributed by atoms with Gasteiger partial charge in [-0.05, 0) is 17.7 Å². The third-order valence-electron chi connectivity index (χ3n) is 1.63. The second-order valence-electron chi connectivity index (χ2n) is 2.59. The molecule has 0 saturated heterocycles. The summed E-state index contributed by atoms with van der Waals surface area (Å²) in [6.07, 6.45) is 0. The summed E-state index contributed by atoms with van der Waals surface area (Å²) in [5.74, 6) is -4.15. The smallest absolute Gasteiger partial charge is 0.194 e. The van der Waals surface area contributed by atoms with Gasteiger partial charge in [0.15, 0.2) is 17.5 Å². The molecule has 0 heterocycles. The van der Waals surface area contributed by atoms with E-state index in [1.807, 2.05) is 0 Å². The molecule has 0 aliphatic heterocycles. The van der Waals surface area contributed by atoms with Crippen molar-refractivity contribution in [1.82, 2.24) is 0 Å². The lowest BCUT2D eigenvalue weighted by Gasteiger charge is -2.08. The first-order chi connectivity index (χ1) is 6.06. The van der Waals surface area contributed by atoms with Crippen LogP contribution in [-0.4, -0.2) is 11.7 Å². The van der Waals surface area contributed by atoms with Gasteiger partial charge in [0.1, 0.15) is 0 Å². The molecule has 1 aromatic carbocycles. The van der Waals surface area contributed by atoms with Crippen LogP contribution in [0.3, 0.4) is 0 Å². The van der Waals surface area contributed by atoms with Gasteiger partial charge in [-0.1, -0.05) is 0 Å². The van der Waals surface area contributed by atoms with E-state index in [0.717, 1.165) is 12.1 Å². The molecule has 0 aliphatic rings. The Balaban J connectivity index is 0.00000169. The standard InChI is InChI=1S/C8H8F3NO.ClH/c9-5-1-4(7(12)3-13)2-6(10)8(5)11;/h1-2,7,13H,3,12H2;1H/t7-;/m0./s1. The largest absolute Gasteiger partial charge is 0.394 e. The third-order valence-corrected chi connectivity index (χ3v) is 1.63. The molecule has 14 heavy (non-hydrogen) atoms. The van der Waals surface area contributed by atoms with Gasteiger partial charge in [-0.2, -0.15) is 0 Å². The van der Waals surface area contributed by atoms with E-state index in [4.69, 9.17) is 10.8 Å². The van der Waals surface area contributed by atoms with Gasteiger partial charge in [0.2, 0.25) is 0 Å². The zero-order valence-corrected chi connectivity index (χ0v) is 7.82. The van der Waals surface area contributed by atoms with Crippen LogP contribution < -0.4 is 5.73 Å². The highest BCUT2D eigenvalue weighted by Gasteiger charge is 2.13. The monoisotopic (exact) mass is 227 g/mol. The number of halogens is 4. The Morgan fingerprint density at radius 3 is 2.00 bits per heavy atom. The van der Waals surface area contributed by atoms with Crippen molar-refractivity contribution in [1.29, 1.82) is 0 Å².